The van der Waals surface area contributed by atoms with Crippen molar-refractivity contribution in [3.63, 3.8) is 0 Å². The highest BCUT2D eigenvalue weighted by atomic mass is 19.1. The molecule has 1 amide bonds. The van der Waals surface area contributed by atoms with Gasteiger partial charge in [0.05, 0.1) is 5.56 Å². The Morgan fingerprint density at radius 2 is 1.90 bits per heavy atom. The number of benzene rings is 2. The van der Waals surface area contributed by atoms with Gasteiger partial charge in [-0.25, -0.2) is 8.78 Å². The molecule has 0 atom stereocenters. The molecule has 110 valence electrons. The maximum absolute atomic E-state index is 13.5. The summed E-state index contributed by atoms with van der Waals surface area (Å²) in [7, 11) is 1.72. The fraction of sp³-hybridized carbons (Fsp3) is 0.188. The SMILES string of the molecule is CNc1ccc(C)cc1C(=O)NCc1ccc(F)cc1F. The van der Waals surface area contributed by atoms with Crippen LogP contribution in [0.2, 0.25) is 0 Å². The van der Waals surface area contributed by atoms with E-state index < -0.39 is 11.6 Å². The monoisotopic (exact) mass is 290 g/mol. The summed E-state index contributed by atoms with van der Waals surface area (Å²) in [6.45, 7) is 1.89. The summed E-state index contributed by atoms with van der Waals surface area (Å²) < 4.78 is 26.3. The van der Waals surface area contributed by atoms with Crippen molar-refractivity contribution in [2.24, 2.45) is 0 Å². The average molecular weight is 290 g/mol. The summed E-state index contributed by atoms with van der Waals surface area (Å²) in [6.07, 6.45) is 0. The Morgan fingerprint density at radius 1 is 1.14 bits per heavy atom. The number of anilines is 1. The fourth-order valence-corrected chi connectivity index (χ4v) is 2.00. The molecule has 21 heavy (non-hydrogen) atoms. The summed E-state index contributed by atoms with van der Waals surface area (Å²) in [4.78, 5) is 12.2. The Balaban J connectivity index is 2.13. The van der Waals surface area contributed by atoms with E-state index in [1.54, 1.807) is 13.1 Å². The molecule has 2 aromatic rings. The Bertz CT molecular complexity index is 671. The Labute approximate surface area is 122 Å². The lowest BCUT2D eigenvalue weighted by Gasteiger charge is -2.11. The lowest BCUT2D eigenvalue weighted by Crippen LogP contribution is -2.24. The van der Waals surface area contributed by atoms with Crippen LogP contribution in [0.1, 0.15) is 21.5 Å². The largest absolute Gasteiger partial charge is 0.387 e. The highest BCUT2D eigenvalue weighted by Crippen LogP contribution is 2.17. The molecule has 0 bridgehead atoms. The number of carbonyl (C=O) groups is 1. The number of carbonyl (C=O) groups excluding carboxylic acids is 1. The van der Waals surface area contributed by atoms with Gasteiger partial charge in [-0.2, -0.15) is 0 Å². The third kappa shape index (κ3) is 3.56. The fourth-order valence-electron chi connectivity index (χ4n) is 2.00. The second-order valence-corrected chi connectivity index (χ2v) is 4.72. The zero-order valence-electron chi connectivity index (χ0n) is 11.8. The smallest absolute Gasteiger partial charge is 0.253 e. The van der Waals surface area contributed by atoms with Crippen molar-refractivity contribution in [3.8, 4) is 0 Å². The van der Waals surface area contributed by atoms with Gasteiger partial charge >= 0.3 is 0 Å². The normalized spacial score (nSPS) is 10.3. The molecule has 0 radical (unpaired) electrons. The standard InChI is InChI=1S/C16H16F2N2O/c1-10-3-6-15(19-2)13(7-10)16(21)20-9-11-4-5-12(17)8-14(11)18/h3-8,19H,9H2,1-2H3,(H,20,21). The van der Waals surface area contributed by atoms with Crippen LogP contribution >= 0.6 is 0 Å². The number of rotatable bonds is 4. The van der Waals surface area contributed by atoms with E-state index in [2.05, 4.69) is 10.6 Å². The van der Waals surface area contributed by atoms with E-state index in [-0.39, 0.29) is 18.0 Å². The molecule has 5 heteroatoms. The Morgan fingerprint density at radius 3 is 2.57 bits per heavy atom. The first kappa shape index (κ1) is 15.0. The summed E-state index contributed by atoms with van der Waals surface area (Å²) in [5, 5.41) is 5.57. The summed E-state index contributed by atoms with van der Waals surface area (Å²) >= 11 is 0. The van der Waals surface area contributed by atoms with Crippen LogP contribution in [-0.4, -0.2) is 13.0 Å². The van der Waals surface area contributed by atoms with Crippen molar-refractivity contribution in [1.29, 1.82) is 0 Å². The second kappa shape index (κ2) is 6.35. The van der Waals surface area contributed by atoms with Gasteiger partial charge in [-0.1, -0.05) is 17.7 Å². The highest BCUT2D eigenvalue weighted by Gasteiger charge is 2.12. The quantitative estimate of drug-likeness (QED) is 0.907. The molecule has 0 saturated heterocycles. The molecule has 0 saturated carbocycles. The van der Waals surface area contributed by atoms with Crippen LogP contribution in [0.4, 0.5) is 14.5 Å². The van der Waals surface area contributed by atoms with E-state index in [1.165, 1.54) is 6.07 Å². The van der Waals surface area contributed by atoms with Crippen LogP contribution in [0, 0.1) is 18.6 Å². The maximum atomic E-state index is 13.5. The molecule has 2 rings (SSSR count). The zero-order chi connectivity index (χ0) is 15.4. The molecule has 0 aliphatic carbocycles. The molecule has 0 unspecified atom stereocenters. The predicted molar refractivity (Wildman–Crippen MR) is 78.3 cm³/mol. The van der Waals surface area contributed by atoms with E-state index in [0.29, 0.717) is 11.3 Å². The minimum absolute atomic E-state index is 0.00203. The van der Waals surface area contributed by atoms with Gasteiger partial charge in [0.1, 0.15) is 11.6 Å². The van der Waals surface area contributed by atoms with Gasteiger partial charge in [0.25, 0.3) is 5.91 Å². The lowest BCUT2D eigenvalue weighted by molar-refractivity contribution is 0.0951. The van der Waals surface area contributed by atoms with Crippen LogP contribution in [0.15, 0.2) is 36.4 Å². The Kier molecular flexibility index (Phi) is 4.52. The molecule has 0 spiro atoms. The van der Waals surface area contributed by atoms with Crippen LogP contribution in [0.5, 0.6) is 0 Å². The number of aryl methyl sites for hydroxylation is 1. The van der Waals surface area contributed by atoms with Crippen molar-refractivity contribution < 1.29 is 13.6 Å². The van der Waals surface area contributed by atoms with Crippen molar-refractivity contribution in [2.45, 2.75) is 13.5 Å². The molecule has 0 heterocycles. The highest BCUT2D eigenvalue weighted by molar-refractivity contribution is 5.99. The summed E-state index contributed by atoms with van der Waals surface area (Å²) in [5.41, 5.74) is 2.37. The van der Waals surface area contributed by atoms with Gasteiger partial charge in [-0.05, 0) is 25.1 Å². The lowest BCUT2D eigenvalue weighted by atomic mass is 10.1. The van der Waals surface area contributed by atoms with Crippen molar-refractivity contribution in [1.82, 2.24) is 5.32 Å². The molecule has 3 nitrogen and oxygen atoms in total. The van der Waals surface area contributed by atoms with E-state index in [9.17, 15) is 13.6 Å². The van der Waals surface area contributed by atoms with Gasteiger partial charge in [0, 0.05) is 30.9 Å². The first-order chi connectivity index (χ1) is 10.0. The molecule has 0 aromatic heterocycles. The van der Waals surface area contributed by atoms with E-state index >= 15 is 0 Å². The van der Waals surface area contributed by atoms with Gasteiger partial charge < -0.3 is 10.6 Å². The minimum atomic E-state index is -0.673. The average Bonchev–Trinajstić information content (AvgIpc) is 2.46. The minimum Gasteiger partial charge on any atom is -0.387 e. The van der Waals surface area contributed by atoms with E-state index in [1.807, 2.05) is 19.1 Å². The molecular weight excluding hydrogens is 274 g/mol. The molecule has 0 aliphatic rings. The van der Waals surface area contributed by atoms with E-state index in [0.717, 1.165) is 17.7 Å². The van der Waals surface area contributed by atoms with Crippen LogP contribution in [0.3, 0.4) is 0 Å². The molecule has 2 aromatic carbocycles. The number of hydrogen-bond donors (Lipinski definition) is 2. The van der Waals surface area contributed by atoms with Gasteiger partial charge in [0.15, 0.2) is 0 Å². The van der Waals surface area contributed by atoms with Crippen molar-refractivity contribution >= 4 is 11.6 Å². The van der Waals surface area contributed by atoms with Gasteiger partial charge in [-0.15, -0.1) is 0 Å². The first-order valence-corrected chi connectivity index (χ1v) is 6.52. The molecule has 2 N–H and O–H groups in total. The third-order valence-corrected chi connectivity index (χ3v) is 3.14. The molecular formula is C16H16F2N2O. The number of halogens is 2. The number of amides is 1. The topological polar surface area (TPSA) is 41.1 Å². The maximum Gasteiger partial charge on any atom is 0.253 e. The van der Waals surface area contributed by atoms with Gasteiger partial charge in [0.2, 0.25) is 0 Å². The summed E-state index contributed by atoms with van der Waals surface area (Å²) in [5.74, 6) is -1.63. The zero-order valence-corrected chi connectivity index (χ0v) is 11.8. The second-order valence-electron chi connectivity index (χ2n) is 4.72. The molecule has 0 fully saturated rings. The Hall–Kier alpha value is -2.43. The van der Waals surface area contributed by atoms with Crippen LogP contribution < -0.4 is 10.6 Å². The van der Waals surface area contributed by atoms with Crippen LogP contribution in [0.25, 0.3) is 0 Å². The molecule has 0 aliphatic heterocycles. The van der Waals surface area contributed by atoms with E-state index in [4.69, 9.17) is 0 Å². The predicted octanol–water partition coefficient (Wildman–Crippen LogP) is 3.24. The number of hydrogen-bond acceptors (Lipinski definition) is 2. The van der Waals surface area contributed by atoms with Crippen molar-refractivity contribution in [2.75, 3.05) is 12.4 Å². The first-order valence-electron chi connectivity index (χ1n) is 6.52. The summed E-state index contributed by atoms with van der Waals surface area (Å²) in [6, 6.07) is 8.73. The third-order valence-electron chi connectivity index (χ3n) is 3.14. The van der Waals surface area contributed by atoms with Gasteiger partial charge in [-0.3, -0.25) is 4.79 Å². The number of nitrogens with one attached hydrogen (secondary N) is 2. The van der Waals surface area contributed by atoms with Crippen LogP contribution in [-0.2, 0) is 6.54 Å². The van der Waals surface area contributed by atoms with Crippen molar-refractivity contribution in [3.05, 3.63) is 64.7 Å².